The number of carbonyl (C=O) groups excluding carboxylic acids is 1. The van der Waals surface area contributed by atoms with Crippen LogP contribution in [-0.2, 0) is 13.0 Å². The average Bonchev–Trinajstić information content (AvgIpc) is 3.28. The number of aryl methyl sites for hydroxylation is 1. The molecule has 0 aliphatic rings. The van der Waals surface area contributed by atoms with E-state index in [1.165, 1.54) is 12.1 Å². The molecular formula is C18H20FN5O. The molecule has 0 bridgehead atoms. The number of benzene rings is 1. The van der Waals surface area contributed by atoms with Gasteiger partial charge in [0.2, 0.25) is 0 Å². The highest BCUT2D eigenvalue weighted by Gasteiger charge is 2.16. The zero-order valence-electron chi connectivity index (χ0n) is 14.0. The lowest BCUT2D eigenvalue weighted by molar-refractivity contribution is 0.0951. The Morgan fingerprint density at radius 2 is 2.04 bits per heavy atom. The van der Waals surface area contributed by atoms with E-state index in [9.17, 15) is 9.18 Å². The van der Waals surface area contributed by atoms with Crippen molar-refractivity contribution >= 4 is 5.91 Å². The number of aromatic nitrogens is 4. The van der Waals surface area contributed by atoms with Crippen LogP contribution in [0.15, 0.2) is 48.9 Å². The Morgan fingerprint density at radius 3 is 2.72 bits per heavy atom. The zero-order valence-corrected chi connectivity index (χ0v) is 14.0. The summed E-state index contributed by atoms with van der Waals surface area (Å²) in [4.78, 5) is 12.4. The normalized spacial score (nSPS) is 10.8. The lowest BCUT2D eigenvalue weighted by atomic mass is 10.2. The maximum atomic E-state index is 13.1. The molecule has 1 aromatic carbocycles. The second kappa shape index (κ2) is 7.74. The van der Waals surface area contributed by atoms with Crippen LogP contribution >= 0.6 is 0 Å². The molecule has 0 fully saturated rings. The minimum absolute atomic E-state index is 0.148. The Balaban J connectivity index is 1.65. The first-order valence-corrected chi connectivity index (χ1v) is 8.27. The molecule has 0 atom stereocenters. The Labute approximate surface area is 145 Å². The Kier molecular flexibility index (Phi) is 5.23. The Bertz CT molecular complexity index is 824. The first-order chi connectivity index (χ1) is 12.2. The number of rotatable bonds is 7. The molecule has 0 saturated heterocycles. The molecular weight excluding hydrogens is 321 g/mol. The quantitative estimate of drug-likeness (QED) is 0.672. The maximum absolute atomic E-state index is 13.1. The van der Waals surface area contributed by atoms with E-state index in [1.54, 1.807) is 29.2 Å². The number of carbonyl (C=O) groups is 1. The number of nitrogens with one attached hydrogen (secondary N) is 1. The molecule has 0 aliphatic carbocycles. The molecule has 1 amide bonds. The molecule has 0 spiro atoms. The van der Waals surface area contributed by atoms with Crippen LogP contribution in [0.2, 0.25) is 0 Å². The first kappa shape index (κ1) is 16.9. The smallest absolute Gasteiger partial charge is 0.254 e. The molecule has 2 heterocycles. The number of hydrogen-bond acceptors (Lipinski definition) is 3. The van der Waals surface area contributed by atoms with Crippen LogP contribution in [0.4, 0.5) is 4.39 Å². The summed E-state index contributed by atoms with van der Waals surface area (Å²) in [5.41, 5.74) is 2.08. The van der Waals surface area contributed by atoms with Gasteiger partial charge in [0.25, 0.3) is 5.91 Å². The first-order valence-electron chi connectivity index (χ1n) is 8.27. The van der Waals surface area contributed by atoms with Crippen molar-refractivity contribution in [1.82, 2.24) is 24.9 Å². The van der Waals surface area contributed by atoms with Crippen molar-refractivity contribution in [3.63, 3.8) is 0 Å². The largest absolute Gasteiger partial charge is 0.352 e. The fourth-order valence-corrected chi connectivity index (χ4v) is 2.68. The summed E-state index contributed by atoms with van der Waals surface area (Å²) in [7, 11) is 0. The van der Waals surface area contributed by atoms with Gasteiger partial charge in [-0.25, -0.2) is 9.07 Å². The highest BCUT2D eigenvalue weighted by atomic mass is 19.1. The van der Waals surface area contributed by atoms with Gasteiger partial charge in [-0.3, -0.25) is 9.48 Å². The minimum Gasteiger partial charge on any atom is -0.352 e. The van der Waals surface area contributed by atoms with Crippen molar-refractivity contribution in [1.29, 1.82) is 0 Å². The number of hydrogen-bond donors (Lipinski definition) is 1. The zero-order chi connectivity index (χ0) is 17.6. The molecule has 25 heavy (non-hydrogen) atoms. The molecule has 2 aromatic heterocycles. The summed E-state index contributed by atoms with van der Waals surface area (Å²) >= 11 is 0. The van der Waals surface area contributed by atoms with Gasteiger partial charge in [-0.05, 0) is 43.2 Å². The Morgan fingerprint density at radius 1 is 1.24 bits per heavy atom. The van der Waals surface area contributed by atoms with Gasteiger partial charge in [0.1, 0.15) is 5.82 Å². The SMILES string of the molecule is CCc1c(C(=O)NCCCn2cccn2)cnn1-c1ccc(F)cc1. The van der Waals surface area contributed by atoms with Crippen molar-refractivity contribution in [2.45, 2.75) is 26.3 Å². The van der Waals surface area contributed by atoms with Crippen LogP contribution in [0, 0.1) is 5.82 Å². The van der Waals surface area contributed by atoms with E-state index in [2.05, 4.69) is 15.5 Å². The molecule has 3 aromatic rings. The highest BCUT2D eigenvalue weighted by molar-refractivity contribution is 5.95. The van der Waals surface area contributed by atoms with Crippen molar-refractivity contribution in [3.8, 4) is 5.69 Å². The van der Waals surface area contributed by atoms with E-state index in [4.69, 9.17) is 0 Å². The fraction of sp³-hybridized carbons (Fsp3) is 0.278. The van der Waals surface area contributed by atoms with Crippen LogP contribution in [0.25, 0.3) is 5.69 Å². The summed E-state index contributed by atoms with van der Waals surface area (Å²) in [6.45, 7) is 3.28. The van der Waals surface area contributed by atoms with E-state index in [-0.39, 0.29) is 11.7 Å². The van der Waals surface area contributed by atoms with Crippen LogP contribution in [-0.4, -0.2) is 32.0 Å². The molecule has 130 valence electrons. The monoisotopic (exact) mass is 341 g/mol. The third-order valence-corrected chi connectivity index (χ3v) is 3.93. The molecule has 0 saturated carbocycles. The minimum atomic E-state index is -0.302. The van der Waals surface area contributed by atoms with Gasteiger partial charge in [0.05, 0.1) is 23.1 Å². The van der Waals surface area contributed by atoms with Crippen LogP contribution in [0.3, 0.4) is 0 Å². The van der Waals surface area contributed by atoms with Crippen LogP contribution in [0.1, 0.15) is 29.4 Å². The van der Waals surface area contributed by atoms with Gasteiger partial charge in [0.15, 0.2) is 0 Å². The lowest BCUT2D eigenvalue weighted by Gasteiger charge is -2.09. The fourth-order valence-electron chi connectivity index (χ4n) is 2.68. The van der Waals surface area contributed by atoms with Gasteiger partial charge in [-0.1, -0.05) is 6.92 Å². The Hall–Kier alpha value is -2.96. The molecule has 7 heteroatoms. The van der Waals surface area contributed by atoms with Gasteiger partial charge in [-0.2, -0.15) is 10.2 Å². The van der Waals surface area contributed by atoms with Crippen LogP contribution < -0.4 is 5.32 Å². The lowest BCUT2D eigenvalue weighted by Crippen LogP contribution is -2.26. The molecule has 1 N–H and O–H groups in total. The predicted molar refractivity (Wildman–Crippen MR) is 92.1 cm³/mol. The van der Waals surface area contributed by atoms with E-state index in [0.717, 1.165) is 24.3 Å². The molecule has 0 radical (unpaired) electrons. The van der Waals surface area contributed by atoms with E-state index in [0.29, 0.717) is 18.5 Å². The predicted octanol–water partition coefficient (Wildman–Crippen LogP) is 2.59. The second-order valence-electron chi connectivity index (χ2n) is 5.63. The average molecular weight is 341 g/mol. The van der Waals surface area contributed by atoms with Crippen molar-refractivity contribution < 1.29 is 9.18 Å². The number of amides is 1. The molecule has 6 nitrogen and oxygen atoms in total. The highest BCUT2D eigenvalue weighted by Crippen LogP contribution is 2.16. The summed E-state index contributed by atoms with van der Waals surface area (Å²) in [5, 5.41) is 11.3. The summed E-state index contributed by atoms with van der Waals surface area (Å²) < 4.78 is 16.6. The molecule has 0 aliphatic heterocycles. The van der Waals surface area contributed by atoms with Crippen molar-refractivity contribution in [2.75, 3.05) is 6.54 Å². The maximum Gasteiger partial charge on any atom is 0.254 e. The third kappa shape index (κ3) is 3.93. The van der Waals surface area contributed by atoms with Gasteiger partial charge < -0.3 is 5.32 Å². The second-order valence-corrected chi connectivity index (χ2v) is 5.63. The van der Waals surface area contributed by atoms with Gasteiger partial charge >= 0.3 is 0 Å². The molecule has 3 rings (SSSR count). The summed E-state index contributed by atoms with van der Waals surface area (Å²) in [5.74, 6) is -0.449. The molecule has 0 unspecified atom stereocenters. The van der Waals surface area contributed by atoms with E-state index < -0.39 is 0 Å². The summed E-state index contributed by atoms with van der Waals surface area (Å²) in [6.07, 6.45) is 6.62. The van der Waals surface area contributed by atoms with Gasteiger partial charge in [-0.15, -0.1) is 0 Å². The third-order valence-electron chi connectivity index (χ3n) is 3.93. The summed E-state index contributed by atoms with van der Waals surface area (Å²) in [6, 6.07) is 7.92. The standard InChI is InChI=1S/C18H20FN5O/c1-2-17-16(13-22-24(17)15-7-5-14(19)6-8-15)18(25)20-9-3-11-23-12-4-10-21-23/h4-8,10,12-13H,2-3,9,11H2,1H3,(H,20,25). The van der Waals surface area contributed by atoms with E-state index >= 15 is 0 Å². The van der Waals surface area contributed by atoms with Crippen molar-refractivity contribution in [3.05, 3.63) is 66.0 Å². The number of halogens is 1. The van der Waals surface area contributed by atoms with Gasteiger partial charge in [0, 0.05) is 25.5 Å². The topological polar surface area (TPSA) is 64.7 Å². The van der Waals surface area contributed by atoms with Crippen LogP contribution in [0.5, 0.6) is 0 Å². The number of nitrogens with zero attached hydrogens (tertiary/aromatic N) is 4. The van der Waals surface area contributed by atoms with Crippen molar-refractivity contribution in [2.24, 2.45) is 0 Å². The van der Waals surface area contributed by atoms with E-state index in [1.807, 2.05) is 23.9 Å².